The Kier molecular flexibility index (Phi) is 8.14. The number of anilines is 1. The van der Waals surface area contributed by atoms with Crippen molar-refractivity contribution in [3.63, 3.8) is 0 Å². The molecule has 2 amide bonds. The number of amides is 2. The van der Waals surface area contributed by atoms with Crippen LogP contribution >= 0.6 is 0 Å². The lowest BCUT2D eigenvalue weighted by Crippen LogP contribution is -2.42. The summed E-state index contributed by atoms with van der Waals surface area (Å²) >= 11 is 0. The topological polar surface area (TPSA) is 165 Å². The molecule has 0 aromatic carbocycles. The van der Waals surface area contributed by atoms with Crippen LogP contribution in [-0.4, -0.2) is 57.0 Å². The number of aromatic amines is 1. The van der Waals surface area contributed by atoms with Gasteiger partial charge in [0.15, 0.2) is 11.5 Å². The molecule has 1 saturated heterocycles. The lowest BCUT2D eigenvalue weighted by atomic mass is 10.1. The van der Waals surface area contributed by atoms with E-state index >= 15 is 0 Å². The van der Waals surface area contributed by atoms with Crippen LogP contribution in [0.2, 0.25) is 0 Å². The third-order valence-corrected chi connectivity index (χ3v) is 6.23. The minimum Gasteiger partial charge on any atom is -0.491 e. The summed E-state index contributed by atoms with van der Waals surface area (Å²) in [4.78, 5) is 42.0. The Morgan fingerprint density at radius 1 is 1.30 bits per heavy atom. The molecule has 4 rings (SSSR count). The molecule has 1 aliphatic carbocycles. The second-order valence-corrected chi connectivity index (χ2v) is 9.14. The Morgan fingerprint density at radius 2 is 2.14 bits per heavy atom. The highest BCUT2D eigenvalue weighted by molar-refractivity contribution is 5.88. The first-order valence-electron chi connectivity index (χ1n) is 12.1. The van der Waals surface area contributed by atoms with Crippen LogP contribution in [0.25, 0.3) is 11.2 Å². The van der Waals surface area contributed by atoms with Gasteiger partial charge in [-0.2, -0.15) is 0 Å². The summed E-state index contributed by atoms with van der Waals surface area (Å²) in [5.74, 6) is 0.309. The van der Waals surface area contributed by atoms with Crippen LogP contribution in [0.3, 0.4) is 0 Å². The zero-order chi connectivity index (χ0) is 26.4. The van der Waals surface area contributed by atoms with Gasteiger partial charge in [-0.1, -0.05) is 30.4 Å². The molecule has 2 unspecified atom stereocenters. The molecule has 11 nitrogen and oxygen atoms in total. The van der Waals surface area contributed by atoms with Crippen molar-refractivity contribution in [2.75, 3.05) is 18.1 Å². The molecule has 6 N–H and O–H groups in total. The zero-order valence-corrected chi connectivity index (χ0v) is 20.8. The third-order valence-electron chi connectivity index (χ3n) is 6.23. The van der Waals surface area contributed by atoms with E-state index in [9.17, 15) is 9.59 Å². The van der Waals surface area contributed by atoms with Crippen molar-refractivity contribution in [2.45, 2.75) is 44.7 Å². The lowest BCUT2D eigenvalue weighted by Gasteiger charge is -2.26. The van der Waals surface area contributed by atoms with Gasteiger partial charge in [-0.25, -0.2) is 15.0 Å². The second-order valence-electron chi connectivity index (χ2n) is 9.14. The second kappa shape index (κ2) is 11.7. The minimum absolute atomic E-state index is 0.109. The number of aromatic nitrogens is 4. The number of H-pyrrole nitrogens is 1. The molecule has 194 valence electrons. The summed E-state index contributed by atoms with van der Waals surface area (Å²) < 4.78 is 6.30. The maximum atomic E-state index is 12.5. The van der Waals surface area contributed by atoms with E-state index in [1.165, 1.54) is 6.33 Å². The molecule has 0 spiro atoms. The van der Waals surface area contributed by atoms with Crippen LogP contribution in [0, 0.1) is 0 Å². The average Bonchev–Trinajstić information content (AvgIpc) is 3.53. The molecule has 3 heterocycles. The summed E-state index contributed by atoms with van der Waals surface area (Å²) in [6.07, 6.45) is 14.6. The quantitative estimate of drug-likeness (QED) is 0.423. The van der Waals surface area contributed by atoms with Gasteiger partial charge in [-0.05, 0) is 37.5 Å². The Hall–Kier alpha value is -4.25. The summed E-state index contributed by atoms with van der Waals surface area (Å²) in [6, 6.07) is -0.924. The summed E-state index contributed by atoms with van der Waals surface area (Å²) in [7, 11) is 0. The number of hydrogen-bond acceptors (Lipinski definition) is 8. The first-order chi connectivity index (χ1) is 17.8. The van der Waals surface area contributed by atoms with Crippen LogP contribution in [0.5, 0.6) is 0 Å². The Bertz CT molecular complexity index is 1310. The fourth-order valence-corrected chi connectivity index (χ4v) is 4.31. The molecule has 0 bridgehead atoms. The number of carbonyl (C=O) groups is 2. The predicted molar refractivity (Wildman–Crippen MR) is 141 cm³/mol. The molecular weight excluding hydrogens is 472 g/mol. The van der Waals surface area contributed by atoms with Crippen LogP contribution in [0.4, 0.5) is 5.82 Å². The van der Waals surface area contributed by atoms with Gasteiger partial charge in [0.25, 0.3) is 0 Å². The number of hydrogen-bond donors (Lipinski definition) is 4. The van der Waals surface area contributed by atoms with Crippen LogP contribution in [0.15, 0.2) is 72.2 Å². The van der Waals surface area contributed by atoms with Crippen molar-refractivity contribution in [3.05, 3.63) is 72.2 Å². The number of allylic oxidation sites excluding steroid dienone is 8. The predicted octanol–water partition coefficient (Wildman–Crippen LogP) is 1.89. The van der Waals surface area contributed by atoms with E-state index in [1.54, 1.807) is 12.4 Å². The maximum Gasteiger partial charge on any atom is 0.241 e. The van der Waals surface area contributed by atoms with Crippen molar-refractivity contribution in [1.29, 1.82) is 0 Å². The number of carbonyl (C=O) groups excluding carboxylic acids is 2. The molecule has 2 aliphatic rings. The maximum absolute atomic E-state index is 12.5. The van der Waals surface area contributed by atoms with Crippen LogP contribution in [0.1, 0.15) is 32.6 Å². The van der Waals surface area contributed by atoms with E-state index in [0.717, 1.165) is 36.3 Å². The van der Waals surface area contributed by atoms with E-state index in [4.69, 9.17) is 16.2 Å². The Labute approximate surface area is 215 Å². The molecule has 11 heteroatoms. The molecule has 37 heavy (non-hydrogen) atoms. The number of primary amides is 1. The highest BCUT2D eigenvalue weighted by Crippen LogP contribution is 2.29. The van der Waals surface area contributed by atoms with E-state index < -0.39 is 17.9 Å². The number of imidazole rings is 1. The summed E-state index contributed by atoms with van der Waals surface area (Å²) in [5.41, 5.74) is 14.7. The van der Waals surface area contributed by atoms with Gasteiger partial charge < -0.3 is 31.4 Å². The van der Waals surface area contributed by atoms with Gasteiger partial charge >= 0.3 is 0 Å². The Balaban J connectivity index is 1.47. The monoisotopic (exact) mass is 504 g/mol. The smallest absolute Gasteiger partial charge is 0.241 e. The first kappa shape index (κ1) is 25.8. The Morgan fingerprint density at radius 3 is 2.95 bits per heavy atom. The number of fused-ring (bicyclic) bond motifs is 1. The lowest BCUT2D eigenvalue weighted by molar-refractivity contribution is -0.125. The van der Waals surface area contributed by atoms with Gasteiger partial charge in [-0.15, -0.1) is 0 Å². The normalized spacial score (nSPS) is 19.2. The molecule has 0 saturated carbocycles. The van der Waals surface area contributed by atoms with E-state index in [1.807, 2.05) is 31.2 Å². The molecule has 1 aliphatic heterocycles. The number of rotatable bonds is 8. The minimum atomic E-state index is -1.03. The molecule has 2 aromatic heterocycles. The largest absolute Gasteiger partial charge is 0.491 e. The fourth-order valence-electron chi connectivity index (χ4n) is 4.31. The standard InChI is InChI=1S/C26H32N8O3/c1-16-5-3-7-21(17(2)11-18(9-8-16)33-26(36)20(27)12-22(28)35)37-13-19-6-4-10-34(19)25-23-24(30-14-29-23)31-15-32-25/h3,5,7-9,14-15,19-20H,2,4,6,10-13,27H2,1H3,(H2,28,35)(H,33,36)(H,29,30,31,32). The van der Waals surface area contributed by atoms with Gasteiger partial charge in [0.2, 0.25) is 11.8 Å². The third kappa shape index (κ3) is 6.50. The van der Waals surface area contributed by atoms with Gasteiger partial charge in [-0.3, -0.25) is 9.59 Å². The highest BCUT2D eigenvalue weighted by Gasteiger charge is 2.29. The molecule has 2 atom stereocenters. The fraction of sp³-hybridized carbons (Fsp3) is 0.346. The number of nitrogens with zero attached hydrogens (tertiary/aromatic N) is 4. The van der Waals surface area contributed by atoms with Gasteiger partial charge in [0.1, 0.15) is 24.2 Å². The first-order valence-corrected chi connectivity index (χ1v) is 12.1. The van der Waals surface area contributed by atoms with Crippen molar-refractivity contribution in [3.8, 4) is 0 Å². The molecule has 0 radical (unpaired) electrons. The van der Waals surface area contributed by atoms with Gasteiger partial charge in [0.05, 0.1) is 24.8 Å². The average molecular weight is 505 g/mol. The summed E-state index contributed by atoms with van der Waals surface area (Å²) in [5, 5.41) is 2.80. The van der Waals surface area contributed by atoms with Crippen molar-refractivity contribution >= 4 is 28.8 Å². The molecular formula is C26H32N8O3. The number of nitrogens with two attached hydrogens (primary N) is 2. The number of ether oxygens (including phenoxy) is 1. The van der Waals surface area contributed by atoms with Crippen molar-refractivity contribution < 1.29 is 14.3 Å². The van der Waals surface area contributed by atoms with Crippen molar-refractivity contribution in [2.24, 2.45) is 11.5 Å². The van der Waals surface area contributed by atoms with E-state index in [-0.39, 0.29) is 12.5 Å². The van der Waals surface area contributed by atoms with E-state index in [0.29, 0.717) is 35.7 Å². The van der Waals surface area contributed by atoms with E-state index in [2.05, 4.69) is 36.7 Å². The zero-order valence-electron chi connectivity index (χ0n) is 20.8. The van der Waals surface area contributed by atoms with Crippen LogP contribution < -0.4 is 21.7 Å². The SMILES string of the molecule is C=C1CC(NC(=O)C(N)CC(N)=O)=CC=C(C)C=CC=C1OCC1CCCN1c1ncnc2nc[nH]c12. The highest BCUT2D eigenvalue weighted by atomic mass is 16.5. The molecule has 1 fully saturated rings. The molecule has 2 aromatic rings. The number of nitrogens with one attached hydrogen (secondary N) is 2. The summed E-state index contributed by atoms with van der Waals surface area (Å²) in [6.45, 7) is 7.44. The van der Waals surface area contributed by atoms with Gasteiger partial charge in [0, 0.05) is 18.7 Å². The van der Waals surface area contributed by atoms with Crippen molar-refractivity contribution in [1.82, 2.24) is 25.3 Å². The van der Waals surface area contributed by atoms with Crippen LogP contribution in [-0.2, 0) is 14.3 Å².